The molecule has 0 saturated carbocycles. The number of aliphatic hydroxyl groups excluding tert-OH is 1. The number of nitrogens with one attached hydrogen (secondary N) is 2. The number of carbonyl (C=O) groups is 1. The van der Waals surface area contributed by atoms with Crippen LogP contribution in [0.25, 0.3) is 0 Å². The van der Waals surface area contributed by atoms with Gasteiger partial charge in [-0.2, -0.15) is 5.10 Å². The summed E-state index contributed by atoms with van der Waals surface area (Å²) in [6.07, 6.45) is 1.70. The molecule has 0 bridgehead atoms. The van der Waals surface area contributed by atoms with Gasteiger partial charge in [-0.25, -0.2) is 0 Å². The van der Waals surface area contributed by atoms with Crippen molar-refractivity contribution in [2.75, 3.05) is 32.1 Å². The number of anilines is 1. The zero-order valence-electron chi connectivity index (χ0n) is 10.5. The van der Waals surface area contributed by atoms with Gasteiger partial charge in [0.15, 0.2) is 5.69 Å². The number of aromatic amines is 1. The lowest BCUT2D eigenvalue weighted by Crippen LogP contribution is -2.28. The van der Waals surface area contributed by atoms with E-state index < -0.39 is 0 Å². The Morgan fingerprint density at radius 3 is 3.00 bits per heavy atom. The number of rotatable bonds is 8. The minimum absolute atomic E-state index is 0.0271. The zero-order valence-corrected chi connectivity index (χ0v) is 10.5. The van der Waals surface area contributed by atoms with E-state index in [4.69, 9.17) is 15.6 Å². The fourth-order valence-electron chi connectivity index (χ4n) is 1.49. The summed E-state index contributed by atoms with van der Waals surface area (Å²) < 4.78 is 5.02. The lowest BCUT2D eigenvalue weighted by molar-refractivity contribution is 0.0835. The van der Waals surface area contributed by atoms with Gasteiger partial charge in [-0.1, -0.05) is 13.3 Å². The van der Waals surface area contributed by atoms with Crippen molar-refractivity contribution in [1.82, 2.24) is 15.5 Å². The molecular formula is C11H20N4O3. The summed E-state index contributed by atoms with van der Waals surface area (Å²) in [6, 6.07) is 0. The van der Waals surface area contributed by atoms with Gasteiger partial charge in [-0.05, 0) is 6.42 Å². The Kier molecular flexibility index (Phi) is 6.16. The monoisotopic (exact) mass is 256 g/mol. The number of nitrogen functional groups attached to an aromatic ring is 1. The van der Waals surface area contributed by atoms with Crippen LogP contribution in [0.4, 0.5) is 5.69 Å². The van der Waals surface area contributed by atoms with Crippen LogP contribution in [-0.2, 0) is 11.2 Å². The summed E-state index contributed by atoms with van der Waals surface area (Å²) in [6.45, 7) is 2.97. The van der Waals surface area contributed by atoms with Crippen LogP contribution in [0.3, 0.4) is 0 Å². The number of aromatic nitrogens is 2. The van der Waals surface area contributed by atoms with Gasteiger partial charge in [-0.15, -0.1) is 0 Å². The Morgan fingerprint density at radius 1 is 1.56 bits per heavy atom. The van der Waals surface area contributed by atoms with Crippen molar-refractivity contribution in [3.05, 3.63) is 11.4 Å². The van der Waals surface area contributed by atoms with Crippen molar-refractivity contribution in [3.8, 4) is 0 Å². The summed E-state index contributed by atoms with van der Waals surface area (Å²) in [5.74, 6) is -0.321. The molecule has 1 rings (SSSR count). The van der Waals surface area contributed by atoms with Gasteiger partial charge >= 0.3 is 0 Å². The minimum Gasteiger partial charge on any atom is -0.395 e. The predicted molar refractivity (Wildman–Crippen MR) is 67.2 cm³/mol. The normalized spacial score (nSPS) is 10.6. The SMILES string of the molecule is CCCc1[nH]nc(C(=O)NCCOCCO)c1N. The van der Waals surface area contributed by atoms with Crippen molar-refractivity contribution < 1.29 is 14.6 Å². The van der Waals surface area contributed by atoms with Gasteiger partial charge in [-0.3, -0.25) is 9.89 Å². The number of aryl methyl sites for hydroxylation is 1. The molecule has 0 aromatic carbocycles. The topological polar surface area (TPSA) is 113 Å². The predicted octanol–water partition coefficient (Wildman–Crippen LogP) is -0.317. The average molecular weight is 256 g/mol. The largest absolute Gasteiger partial charge is 0.395 e. The molecule has 0 aliphatic carbocycles. The highest BCUT2D eigenvalue weighted by Gasteiger charge is 2.16. The summed E-state index contributed by atoms with van der Waals surface area (Å²) in [5, 5.41) is 17.8. The molecule has 18 heavy (non-hydrogen) atoms. The van der Waals surface area contributed by atoms with E-state index in [1.807, 2.05) is 6.92 Å². The third-order valence-corrected chi connectivity index (χ3v) is 2.37. The quantitative estimate of drug-likeness (QED) is 0.476. The zero-order chi connectivity index (χ0) is 13.4. The van der Waals surface area contributed by atoms with E-state index in [1.165, 1.54) is 0 Å². The fourth-order valence-corrected chi connectivity index (χ4v) is 1.49. The number of hydrogen-bond donors (Lipinski definition) is 4. The van der Waals surface area contributed by atoms with Gasteiger partial charge in [0.2, 0.25) is 0 Å². The highest BCUT2D eigenvalue weighted by molar-refractivity contribution is 5.97. The molecule has 1 heterocycles. The van der Waals surface area contributed by atoms with Crippen LogP contribution in [0.1, 0.15) is 29.5 Å². The van der Waals surface area contributed by atoms with Crippen LogP contribution in [0.15, 0.2) is 0 Å². The second-order valence-corrected chi connectivity index (χ2v) is 3.81. The maximum absolute atomic E-state index is 11.7. The molecule has 0 spiro atoms. The molecule has 7 nitrogen and oxygen atoms in total. The van der Waals surface area contributed by atoms with Crippen LogP contribution >= 0.6 is 0 Å². The molecule has 1 amide bonds. The number of hydrogen-bond acceptors (Lipinski definition) is 5. The van der Waals surface area contributed by atoms with E-state index in [-0.39, 0.29) is 24.8 Å². The Balaban J connectivity index is 2.41. The molecule has 0 aliphatic heterocycles. The minimum atomic E-state index is -0.321. The van der Waals surface area contributed by atoms with Crippen molar-refractivity contribution in [1.29, 1.82) is 0 Å². The molecule has 7 heteroatoms. The summed E-state index contributed by atoms with van der Waals surface area (Å²) in [5.41, 5.74) is 7.25. The number of aliphatic hydroxyl groups is 1. The highest BCUT2D eigenvalue weighted by Crippen LogP contribution is 2.15. The average Bonchev–Trinajstić information content (AvgIpc) is 2.71. The highest BCUT2D eigenvalue weighted by atomic mass is 16.5. The second kappa shape index (κ2) is 7.67. The van der Waals surface area contributed by atoms with Crippen molar-refractivity contribution in [2.24, 2.45) is 0 Å². The lowest BCUT2D eigenvalue weighted by atomic mass is 10.2. The van der Waals surface area contributed by atoms with E-state index in [0.29, 0.717) is 18.8 Å². The first kappa shape index (κ1) is 14.5. The Bertz CT molecular complexity index is 378. The van der Waals surface area contributed by atoms with E-state index >= 15 is 0 Å². The molecule has 102 valence electrons. The van der Waals surface area contributed by atoms with Crippen molar-refractivity contribution >= 4 is 11.6 Å². The Labute approximate surface area is 106 Å². The van der Waals surface area contributed by atoms with E-state index in [9.17, 15) is 4.79 Å². The molecule has 5 N–H and O–H groups in total. The first-order valence-corrected chi connectivity index (χ1v) is 6.00. The standard InChI is InChI=1S/C11H20N4O3/c1-2-3-8-9(12)10(15-14-8)11(17)13-4-6-18-7-5-16/h16H,2-7,12H2,1H3,(H,13,17)(H,14,15). The van der Waals surface area contributed by atoms with Crippen molar-refractivity contribution in [2.45, 2.75) is 19.8 Å². The van der Waals surface area contributed by atoms with E-state index in [2.05, 4.69) is 15.5 Å². The number of nitrogens with two attached hydrogens (primary N) is 1. The molecule has 0 unspecified atom stereocenters. The van der Waals surface area contributed by atoms with Gasteiger partial charge < -0.3 is 20.9 Å². The van der Waals surface area contributed by atoms with Crippen LogP contribution in [0, 0.1) is 0 Å². The van der Waals surface area contributed by atoms with Crippen LogP contribution in [0.5, 0.6) is 0 Å². The Hall–Kier alpha value is -1.60. The summed E-state index contributed by atoms with van der Waals surface area (Å²) in [4.78, 5) is 11.7. The maximum atomic E-state index is 11.7. The van der Waals surface area contributed by atoms with Crippen LogP contribution < -0.4 is 11.1 Å². The number of nitrogens with zero attached hydrogens (tertiary/aromatic N) is 1. The molecule has 0 fully saturated rings. The maximum Gasteiger partial charge on any atom is 0.274 e. The number of carbonyl (C=O) groups excluding carboxylic acids is 1. The third-order valence-electron chi connectivity index (χ3n) is 2.37. The van der Waals surface area contributed by atoms with Gasteiger partial charge in [0.1, 0.15) is 0 Å². The molecule has 0 atom stereocenters. The number of H-pyrrole nitrogens is 1. The lowest BCUT2D eigenvalue weighted by Gasteiger charge is -2.04. The summed E-state index contributed by atoms with van der Waals surface area (Å²) >= 11 is 0. The first-order valence-electron chi connectivity index (χ1n) is 6.00. The van der Waals surface area contributed by atoms with Gasteiger partial charge in [0.05, 0.1) is 31.2 Å². The van der Waals surface area contributed by atoms with Gasteiger partial charge in [0, 0.05) is 6.54 Å². The van der Waals surface area contributed by atoms with Crippen LogP contribution in [-0.4, -0.2) is 47.6 Å². The van der Waals surface area contributed by atoms with Crippen molar-refractivity contribution in [3.63, 3.8) is 0 Å². The molecule has 0 saturated heterocycles. The second-order valence-electron chi connectivity index (χ2n) is 3.81. The van der Waals surface area contributed by atoms with Crippen LogP contribution in [0.2, 0.25) is 0 Å². The van der Waals surface area contributed by atoms with E-state index in [1.54, 1.807) is 0 Å². The third kappa shape index (κ3) is 4.01. The molecule has 0 radical (unpaired) electrons. The smallest absolute Gasteiger partial charge is 0.274 e. The van der Waals surface area contributed by atoms with Gasteiger partial charge in [0.25, 0.3) is 5.91 Å². The number of amides is 1. The molecule has 1 aromatic heterocycles. The molecule has 1 aromatic rings. The van der Waals surface area contributed by atoms with E-state index in [0.717, 1.165) is 18.5 Å². The Morgan fingerprint density at radius 2 is 2.33 bits per heavy atom. The fraction of sp³-hybridized carbons (Fsp3) is 0.636. The molecule has 0 aliphatic rings. The number of ether oxygens (including phenoxy) is 1. The molecular weight excluding hydrogens is 236 g/mol. The summed E-state index contributed by atoms with van der Waals surface area (Å²) in [7, 11) is 0. The first-order chi connectivity index (χ1) is 8.70.